The zero-order valence-electron chi connectivity index (χ0n) is 16.1. The molecule has 0 saturated carbocycles. The van der Waals surface area contributed by atoms with Crippen molar-refractivity contribution < 1.29 is 32.6 Å². The van der Waals surface area contributed by atoms with Gasteiger partial charge in [0.1, 0.15) is 11.7 Å². The van der Waals surface area contributed by atoms with Crippen molar-refractivity contribution in [3.8, 4) is 22.8 Å². The molecular weight excluding hydrogens is 446 g/mol. The zero-order valence-corrected chi connectivity index (χ0v) is 16.9. The van der Waals surface area contributed by atoms with Gasteiger partial charge in [-0.05, 0) is 17.7 Å². The fourth-order valence-electron chi connectivity index (χ4n) is 3.13. The maximum absolute atomic E-state index is 13.5. The smallest absolute Gasteiger partial charge is 0.395 e. The molecule has 0 fully saturated rings. The second-order valence-electron chi connectivity index (χ2n) is 6.71. The molecule has 2 heterocycles. The number of carbonyl (C=O) groups excluding carboxylic acids is 3. The lowest BCUT2D eigenvalue weighted by atomic mass is 10.0. The van der Waals surface area contributed by atoms with Gasteiger partial charge in [-0.2, -0.15) is 8.75 Å². The Hall–Kier alpha value is -3.93. The molecule has 1 unspecified atom stereocenters. The van der Waals surface area contributed by atoms with Gasteiger partial charge in [-0.1, -0.05) is 36.4 Å². The van der Waals surface area contributed by atoms with Crippen LogP contribution in [0.5, 0.6) is 11.5 Å². The summed E-state index contributed by atoms with van der Waals surface area (Å²) < 4.78 is 44.0. The second-order valence-corrected chi connectivity index (χ2v) is 7.23. The van der Waals surface area contributed by atoms with Crippen LogP contribution in [0.1, 0.15) is 16.1 Å². The molecule has 32 heavy (non-hydrogen) atoms. The van der Waals surface area contributed by atoms with Gasteiger partial charge in [0.15, 0.2) is 17.2 Å². The van der Waals surface area contributed by atoms with Gasteiger partial charge >= 0.3 is 6.29 Å². The van der Waals surface area contributed by atoms with Crippen molar-refractivity contribution in [1.29, 1.82) is 0 Å². The number of benzene rings is 2. The van der Waals surface area contributed by atoms with Crippen LogP contribution in [-0.4, -0.2) is 38.7 Å². The Balaban J connectivity index is 1.63. The van der Waals surface area contributed by atoms with E-state index in [0.29, 0.717) is 17.3 Å². The predicted molar refractivity (Wildman–Crippen MR) is 107 cm³/mol. The molecule has 4 rings (SSSR count). The number of hydrogen-bond donors (Lipinski definition) is 2. The molecule has 1 aliphatic heterocycles. The maximum atomic E-state index is 13.5. The molecule has 1 aliphatic rings. The van der Waals surface area contributed by atoms with Gasteiger partial charge < -0.3 is 20.5 Å². The fourth-order valence-corrected chi connectivity index (χ4v) is 3.69. The molecule has 0 spiro atoms. The largest absolute Gasteiger partial charge is 0.586 e. The molecule has 9 nitrogen and oxygen atoms in total. The standard InChI is InChI=1S/C20H14F2N4O5S/c21-20(22)30-13-8-4-7-11(17(13)31-20)14-15(26-32-25-14)19(29)24-12(16(27)18(23)28)9-10-5-2-1-3-6-10/h1-8,12H,9H2,(H2,23,28)(H,24,29). The van der Waals surface area contributed by atoms with Crippen molar-refractivity contribution in [3.63, 3.8) is 0 Å². The number of aromatic nitrogens is 2. The number of primary amides is 1. The maximum Gasteiger partial charge on any atom is 0.586 e. The summed E-state index contributed by atoms with van der Waals surface area (Å²) in [6.45, 7) is 0. The van der Waals surface area contributed by atoms with E-state index in [1.807, 2.05) is 0 Å². The normalized spacial score (nSPS) is 14.6. The van der Waals surface area contributed by atoms with E-state index in [2.05, 4.69) is 23.5 Å². The summed E-state index contributed by atoms with van der Waals surface area (Å²) in [5, 5.41) is 2.44. The van der Waals surface area contributed by atoms with E-state index >= 15 is 0 Å². The Morgan fingerprint density at radius 2 is 1.81 bits per heavy atom. The fraction of sp³-hybridized carbons (Fsp3) is 0.150. The first-order valence-corrected chi connectivity index (χ1v) is 9.88. The molecule has 12 heteroatoms. The van der Waals surface area contributed by atoms with E-state index in [1.54, 1.807) is 30.3 Å². The Morgan fingerprint density at radius 3 is 2.53 bits per heavy atom. The summed E-state index contributed by atoms with van der Waals surface area (Å²) in [5.74, 6) is -3.57. The Kier molecular flexibility index (Phi) is 5.53. The molecule has 1 aromatic heterocycles. The molecule has 0 aliphatic carbocycles. The van der Waals surface area contributed by atoms with Crippen molar-refractivity contribution in [1.82, 2.24) is 14.1 Å². The first kappa shape index (κ1) is 21.3. The molecule has 0 bridgehead atoms. The number of Topliss-reactive ketones (excluding diaryl/α,β-unsaturated/α-hetero) is 1. The first-order chi connectivity index (χ1) is 15.2. The Morgan fingerprint density at radius 1 is 1.06 bits per heavy atom. The quantitative estimate of drug-likeness (QED) is 0.515. The van der Waals surface area contributed by atoms with E-state index in [4.69, 9.17) is 5.73 Å². The van der Waals surface area contributed by atoms with Crippen LogP contribution in [-0.2, 0) is 16.0 Å². The van der Waals surface area contributed by atoms with Crippen molar-refractivity contribution in [2.24, 2.45) is 5.73 Å². The van der Waals surface area contributed by atoms with E-state index < -0.39 is 29.9 Å². The summed E-state index contributed by atoms with van der Waals surface area (Å²) in [4.78, 5) is 36.7. The molecule has 0 radical (unpaired) electrons. The third-order valence-corrected chi connectivity index (χ3v) is 5.06. The molecule has 1 atom stereocenters. The van der Waals surface area contributed by atoms with Crippen molar-refractivity contribution in [2.45, 2.75) is 18.8 Å². The van der Waals surface area contributed by atoms with Crippen LogP contribution in [0, 0.1) is 0 Å². The summed E-state index contributed by atoms with van der Waals surface area (Å²) in [6.07, 6.45) is -3.86. The highest BCUT2D eigenvalue weighted by molar-refractivity contribution is 6.99. The lowest BCUT2D eigenvalue weighted by Gasteiger charge is -2.16. The number of para-hydroxylation sites is 1. The van der Waals surface area contributed by atoms with Gasteiger partial charge in [0.05, 0.1) is 17.3 Å². The lowest BCUT2D eigenvalue weighted by molar-refractivity contribution is -0.286. The third kappa shape index (κ3) is 4.25. The van der Waals surface area contributed by atoms with Crippen LogP contribution in [0.15, 0.2) is 48.5 Å². The SMILES string of the molecule is NC(=O)C(=O)C(Cc1ccccc1)NC(=O)c1nsnc1-c1cccc2c1OC(F)(F)O2. The number of amides is 2. The van der Waals surface area contributed by atoms with Crippen molar-refractivity contribution in [3.05, 3.63) is 59.8 Å². The monoisotopic (exact) mass is 460 g/mol. The molecular formula is C20H14F2N4O5S. The van der Waals surface area contributed by atoms with E-state index in [-0.39, 0.29) is 34.9 Å². The highest BCUT2D eigenvalue weighted by Crippen LogP contribution is 2.47. The molecule has 164 valence electrons. The molecule has 2 aromatic carbocycles. The molecule has 0 saturated heterocycles. The number of ether oxygens (including phenoxy) is 2. The average molecular weight is 460 g/mol. The minimum Gasteiger partial charge on any atom is -0.395 e. The van der Waals surface area contributed by atoms with Gasteiger partial charge in [0.2, 0.25) is 5.78 Å². The minimum atomic E-state index is -3.86. The Labute approximate surface area is 183 Å². The number of nitrogens with two attached hydrogens (primary N) is 1. The number of ketones is 1. The number of hydrogen-bond acceptors (Lipinski definition) is 8. The van der Waals surface area contributed by atoms with Gasteiger partial charge in [0, 0.05) is 6.42 Å². The number of rotatable bonds is 7. The topological polar surface area (TPSA) is 134 Å². The number of nitrogens with zero attached hydrogens (tertiary/aromatic N) is 2. The number of alkyl halides is 2. The zero-order chi connectivity index (χ0) is 22.9. The van der Waals surface area contributed by atoms with E-state index in [0.717, 1.165) is 0 Å². The summed E-state index contributed by atoms with van der Waals surface area (Å²) in [5.41, 5.74) is 5.57. The van der Waals surface area contributed by atoms with Crippen molar-refractivity contribution in [2.75, 3.05) is 0 Å². The van der Waals surface area contributed by atoms with Crippen LogP contribution >= 0.6 is 11.7 Å². The first-order valence-electron chi connectivity index (χ1n) is 9.15. The highest BCUT2D eigenvalue weighted by atomic mass is 32.1. The third-order valence-electron chi connectivity index (χ3n) is 4.53. The second kappa shape index (κ2) is 8.30. The lowest BCUT2D eigenvalue weighted by Crippen LogP contribution is -2.47. The van der Waals surface area contributed by atoms with Gasteiger partial charge in [-0.15, -0.1) is 8.78 Å². The summed E-state index contributed by atoms with van der Waals surface area (Å²) in [7, 11) is 0. The summed E-state index contributed by atoms with van der Waals surface area (Å²) in [6, 6.07) is 11.5. The van der Waals surface area contributed by atoms with Crippen LogP contribution in [0.4, 0.5) is 8.78 Å². The van der Waals surface area contributed by atoms with E-state index in [1.165, 1.54) is 18.2 Å². The summed E-state index contributed by atoms with van der Waals surface area (Å²) >= 11 is 0.659. The van der Waals surface area contributed by atoms with Crippen LogP contribution < -0.4 is 20.5 Å². The van der Waals surface area contributed by atoms with Gasteiger partial charge in [-0.25, -0.2) is 0 Å². The van der Waals surface area contributed by atoms with Crippen LogP contribution in [0.3, 0.4) is 0 Å². The Bertz CT molecular complexity index is 1200. The van der Waals surface area contributed by atoms with Crippen molar-refractivity contribution >= 4 is 29.3 Å². The predicted octanol–water partition coefficient (Wildman–Crippen LogP) is 1.92. The number of carbonyl (C=O) groups is 3. The van der Waals surface area contributed by atoms with Gasteiger partial charge in [0.25, 0.3) is 11.8 Å². The molecule has 2 amide bonds. The van der Waals surface area contributed by atoms with Gasteiger partial charge in [-0.3, -0.25) is 14.4 Å². The number of halogens is 2. The molecule has 3 N–H and O–H groups in total. The van der Waals surface area contributed by atoms with Crippen LogP contribution in [0.25, 0.3) is 11.3 Å². The number of fused-ring (bicyclic) bond motifs is 1. The van der Waals surface area contributed by atoms with Crippen LogP contribution in [0.2, 0.25) is 0 Å². The minimum absolute atomic E-state index is 0.00512. The average Bonchev–Trinajstić information content (AvgIpc) is 3.36. The van der Waals surface area contributed by atoms with E-state index in [9.17, 15) is 23.2 Å². The number of nitrogens with one attached hydrogen (secondary N) is 1. The molecule has 3 aromatic rings. The highest BCUT2D eigenvalue weighted by Gasteiger charge is 2.45.